The highest BCUT2D eigenvalue weighted by Gasteiger charge is 2.25. The van der Waals surface area contributed by atoms with Crippen LogP contribution in [0.4, 0.5) is 8.78 Å². The molecule has 0 aliphatic rings. The third kappa shape index (κ3) is 4.14. The van der Waals surface area contributed by atoms with Crippen LogP contribution in [0.3, 0.4) is 0 Å². The molecule has 2 N–H and O–H groups in total. The first kappa shape index (κ1) is 18.2. The molecule has 0 saturated heterocycles. The highest BCUT2D eigenvalue weighted by Crippen LogP contribution is 2.24. The second kappa shape index (κ2) is 7.73. The van der Waals surface area contributed by atoms with Gasteiger partial charge in [0.15, 0.2) is 0 Å². The number of nitrogens with zero attached hydrogens (tertiary/aromatic N) is 3. The van der Waals surface area contributed by atoms with Gasteiger partial charge in [-0.15, -0.1) is 0 Å². The van der Waals surface area contributed by atoms with Gasteiger partial charge in [-0.05, 0) is 24.3 Å². The molecule has 1 amide bonds. The van der Waals surface area contributed by atoms with Crippen molar-refractivity contribution in [3.05, 3.63) is 78.0 Å². The van der Waals surface area contributed by atoms with Gasteiger partial charge in [-0.1, -0.05) is 6.07 Å². The molecule has 3 aromatic rings. The Morgan fingerprint density at radius 2 is 1.93 bits per heavy atom. The zero-order chi connectivity index (χ0) is 19.4. The van der Waals surface area contributed by atoms with Crippen LogP contribution in [-0.4, -0.2) is 31.5 Å². The molecule has 27 heavy (non-hydrogen) atoms. The number of nitrogens with one attached hydrogen (secondary N) is 1. The summed E-state index contributed by atoms with van der Waals surface area (Å²) in [6, 6.07) is 4.82. The lowest BCUT2D eigenvalue weighted by atomic mass is 10.0. The van der Waals surface area contributed by atoms with Crippen molar-refractivity contribution in [2.24, 2.45) is 0 Å². The molecule has 138 valence electrons. The summed E-state index contributed by atoms with van der Waals surface area (Å²) in [5.74, 6) is -3.36. The molecule has 0 aliphatic heterocycles. The van der Waals surface area contributed by atoms with E-state index in [9.17, 15) is 18.4 Å². The van der Waals surface area contributed by atoms with E-state index in [1.807, 2.05) is 0 Å². The van der Waals surface area contributed by atoms with Gasteiger partial charge in [0.1, 0.15) is 23.8 Å². The van der Waals surface area contributed by atoms with Gasteiger partial charge < -0.3 is 10.4 Å². The minimum absolute atomic E-state index is 0.117. The van der Waals surface area contributed by atoms with Crippen LogP contribution in [0, 0.1) is 11.6 Å². The lowest BCUT2D eigenvalue weighted by Crippen LogP contribution is -2.31. The van der Waals surface area contributed by atoms with Crippen molar-refractivity contribution >= 4 is 11.9 Å². The van der Waals surface area contributed by atoms with E-state index >= 15 is 0 Å². The molecule has 0 saturated carbocycles. The SMILES string of the molecule is O=C(O)C[C@H](NC(=O)c1ccc(-n2ccnc2)nc1)c1c(F)cccc1F. The predicted octanol–water partition coefficient (Wildman–Crippen LogP) is 2.49. The molecular formula is C18H14F2N4O3. The highest BCUT2D eigenvalue weighted by molar-refractivity contribution is 5.94. The molecule has 2 aromatic heterocycles. The average Bonchev–Trinajstić information content (AvgIpc) is 3.15. The number of carbonyl (C=O) groups excluding carboxylic acids is 1. The van der Waals surface area contributed by atoms with Crippen LogP contribution >= 0.6 is 0 Å². The van der Waals surface area contributed by atoms with Gasteiger partial charge in [0.25, 0.3) is 5.91 Å². The van der Waals surface area contributed by atoms with Crippen molar-refractivity contribution in [2.75, 3.05) is 0 Å². The molecule has 3 rings (SSSR count). The molecule has 0 spiro atoms. The van der Waals surface area contributed by atoms with Crippen molar-refractivity contribution in [3.63, 3.8) is 0 Å². The van der Waals surface area contributed by atoms with Gasteiger partial charge in [0.05, 0.1) is 18.0 Å². The summed E-state index contributed by atoms with van der Waals surface area (Å²) >= 11 is 0. The number of hydrogen-bond acceptors (Lipinski definition) is 4. The summed E-state index contributed by atoms with van der Waals surface area (Å²) in [6.07, 6.45) is 5.38. The van der Waals surface area contributed by atoms with Gasteiger partial charge in [-0.25, -0.2) is 18.7 Å². The second-order valence-electron chi connectivity index (χ2n) is 5.63. The molecule has 9 heteroatoms. The van der Waals surface area contributed by atoms with Crippen molar-refractivity contribution in [1.82, 2.24) is 19.9 Å². The van der Waals surface area contributed by atoms with Crippen LogP contribution in [0.1, 0.15) is 28.4 Å². The molecule has 0 bridgehead atoms. The maximum absolute atomic E-state index is 14.0. The van der Waals surface area contributed by atoms with Gasteiger partial charge in [-0.3, -0.25) is 14.2 Å². The topological polar surface area (TPSA) is 97.1 Å². The van der Waals surface area contributed by atoms with E-state index in [0.29, 0.717) is 5.82 Å². The number of hydrogen-bond donors (Lipinski definition) is 2. The number of pyridine rings is 1. The first-order chi connectivity index (χ1) is 13.0. The monoisotopic (exact) mass is 372 g/mol. The van der Waals surface area contributed by atoms with Crippen LogP contribution in [0.15, 0.2) is 55.2 Å². The minimum Gasteiger partial charge on any atom is -0.481 e. The summed E-state index contributed by atoms with van der Waals surface area (Å²) in [5.41, 5.74) is -0.387. The lowest BCUT2D eigenvalue weighted by molar-refractivity contribution is -0.137. The van der Waals surface area contributed by atoms with E-state index in [2.05, 4.69) is 15.3 Å². The van der Waals surface area contributed by atoms with Crippen LogP contribution < -0.4 is 5.32 Å². The zero-order valence-electron chi connectivity index (χ0n) is 13.8. The Balaban J connectivity index is 1.83. The number of halogens is 2. The molecule has 7 nitrogen and oxygen atoms in total. The number of aliphatic carboxylic acids is 1. The third-order valence-corrected chi connectivity index (χ3v) is 3.81. The summed E-state index contributed by atoms with van der Waals surface area (Å²) < 4.78 is 29.6. The molecule has 2 heterocycles. The summed E-state index contributed by atoms with van der Waals surface area (Å²) in [6.45, 7) is 0. The number of benzene rings is 1. The largest absolute Gasteiger partial charge is 0.481 e. The fourth-order valence-corrected chi connectivity index (χ4v) is 2.55. The first-order valence-corrected chi connectivity index (χ1v) is 7.86. The second-order valence-corrected chi connectivity index (χ2v) is 5.63. The molecule has 1 atom stereocenters. The lowest BCUT2D eigenvalue weighted by Gasteiger charge is -2.18. The molecule has 0 unspecified atom stereocenters. The van der Waals surface area contributed by atoms with Crippen molar-refractivity contribution in [1.29, 1.82) is 0 Å². The van der Waals surface area contributed by atoms with E-state index in [0.717, 1.165) is 18.2 Å². The first-order valence-electron chi connectivity index (χ1n) is 7.86. The molecular weight excluding hydrogens is 358 g/mol. The molecule has 1 aromatic carbocycles. The summed E-state index contributed by atoms with van der Waals surface area (Å²) in [5, 5.41) is 11.4. The molecule has 0 radical (unpaired) electrons. The maximum atomic E-state index is 14.0. The van der Waals surface area contributed by atoms with E-state index < -0.39 is 41.5 Å². The number of amides is 1. The van der Waals surface area contributed by atoms with Crippen LogP contribution in [-0.2, 0) is 4.79 Å². The Morgan fingerprint density at radius 3 is 2.48 bits per heavy atom. The number of carboxylic acid groups (broad SMARTS) is 1. The predicted molar refractivity (Wildman–Crippen MR) is 90.2 cm³/mol. The van der Waals surface area contributed by atoms with Crippen molar-refractivity contribution < 1.29 is 23.5 Å². The standard InChI is InChI=1S/C18H14F2N4O3/c19-12-2-1-3-13(20)17(12)14(8-16(25)26)23-18(27)11-4-5-15(22-9-11)24-7-6-21-10-24/h1-7,9-10,14H,8H2,(H,23,27)(H,25,26)/t14-/m0/s1. The van der Waals surface area contributed by atoms with Gasteiger partial charge in [0, 0.05) is 24.2 Å². The van der Waals surface area contributed by atoms with Crippen LogP contribution in [0.5, 0.6) is 0 Å². The maximum Gasteiger partial charge on any atom is 0.305 e. The highest BCUT2D eigenvalue weighted by atomic mass is 19.1. The number of imidazole rings is 1. The Hall–Kier alpha value is -3.62. The van der Waals surface area contributed by atoms with E-state index in [-0.39, 0.29) is 5.56 Å². The Kier molecular flexibility index (Phi) is 5.20. The van der Waals surface area contributed by atoms with Crippen molar-refractivity contribution in [3.8, 4) is 5.82 Å². The van der Waals surface area contributed by atoms with E-state index in [4.69, 9.17) is 5.11 Å². The van der Waals surface area contributed by atoms with Gasteiger partial charge in [0.2, 0.25) is 0 Å². The van der Waals surface area contributed by atoms with Crippen molar-refractivity contribution in [2.45, 2.75) is 12.5 Å². The number of carbonyl (C=O) groups is 2. The Labute approximate surface area is 152 Å². The van der Waals surface area contributed by atoms with E-state index in [1.165, 1.54) is 18.6 Å². The molecule has 0 fully saturated rings. The number of aromatic nitrogens is 3. The fraction of sp³-hybridized carbons (Fsp3) is 0.111. The summed E-state index contributed by atoms with van der Waals surface area (Å²) in [7, 11) is 0. The third-order valence-electron chi connectivity index (χ3n) is 3.81. The van der Waals surface area contributed by atoms with Gasteiger partial charge in [-0.2, -0.15) is 0 Å². The summed E-state index contributed by atoms with van der Waals surface area (Å²) in [4.78, 5) is 31.5. The zero-order valence-corrected chi connectivity index (χ0v) is 13.8. The van der Waals surface area contributed by atoms with Gasteiger partial charge >= 0.3 is 5.97 Å². The minimum atomic E-state index is -1.37. The normalized spacial score (nSPS) is 11.8. The molecule has 0 aliphatic carbocycles. The average molecular weight is 372 g/mol. The quantitative estimate of drug-likeness (QED) is 0.693. The Bertz CT molecular complexity index is 939. The van der Waals surface area contributed by atoms with Crippen LogP contribution in [0.2, 0.25) is 0 Å². The number of carboxylic acids is 1. The fourth-order valence-electron chi connectivity index (χ4n) is 2.55. The Morgan fingerprint density at radius 1 is 1.19 bits per heavy atom. The van der Waals surface area contributed by atoms with E-state index in [1.54, 1.807) is 23.0 Å². The smallest absolute Gasteiger partial charge is 0.305 e. The number of rotatable bonds is 6. The van der Waals surface area contributed by atoms with Crippen LogP contribution in [0.25, 0.3) is 5.82 Å².